The van der Waals surface area contributed by atoms with Crippen molar-refractivity contribution < 1.29 is 14.1 Å². The highest BCUT2D eigenvalue weighted by molar-refractivity contribution is 7.84. The van der Waals surface area contributed by atoms with Gasteiger partial charge in [0.1, 0.15) is 0 Å². The summed E-state index contributed by atoms with van der Waals surface area (Å²) in [6, 6.07) is 5.07. The van der Waals surface area contributed by atoms with Crippen molar-refractivity contribution in [2.45, 2.75) is 6.92 Å². The average Bonchev–Trinajstić information content (AvgIpc) is 2.16. The van der Waals surface area contributed by atoms with Crippen molar-refractivity contribution in [2.24, 2.45) is 0 Å². The first-order chi connectivity index (χ1) is 7.50. The number of aryl methyl sites for hydroxylation is 1. The molecule has 5 heteroatoms. The first-order valence-corrected chi connectivity index (χ1v) is 6.61. The monoisotopic (exact) mass is 241 g/mol. The molecule has 0 radical (unpaired) electrons. The predicted molar refractivity (Wildman–Crippen MR) is 65.6 cm³/mol. The van der Waals surface area contributed by atoms with E-state index in [0.717, 1.165) is 11.3 Å². The molecule has 1 rings (SSSR count). The second-order valence-electron chi connectivity index (χ2n) is 3.54. The summed E-state index contributed by atoms with van der Waals surface area (Å²) in [5.74, 6) is -0.335. The van der Waals surface area contributed by atoms with E-state index >= 15 is 0 Å². The molecule has 1 unspecified atom stereocenters. The molecule has 2 N–H and O–H groups in total. The molecule has 0 saturated heterocycles. The van der Waals surface area contributed by atoms with E-state index in [2.05, 4.69) is 5.32 Å². The minimum absolute atomic E-state index is 0.310. The lowest BCUT2D eigenvalue weighted by atomic mass is 10.1. The number of carbonyl (C=O) groups is 1. The number of hydrogen-bond donors (Lipinski definition) is 2. The number of benzene rings is 1. The summed E-state index contributed by atoms with van der Waals surface area (Å²) in [5, 5.41) is 11.9. The highest BCUT2D eigenvalue weighted by Crippen LogP contribution is 2.14. The van der Waals surface area contributed by atoms with Crippen molar-refractivity contribution in [1.29, 1.82) is 0 Å². The zero-order chi connectivity index (χ0) is 12.1. The number of rotatable bonds is 5. The van der Waals surface area contributed by atoms with Crippen molar-refractivity contribution in [3.8, 4) is 0 Å². The van der Waals surface area contributed by atoms with Gasteiger partial charge in [-0.2, -0.15) is 0 Å². The maximum absolute atomic E-state index is 10.8. The number of carboxylic acids is 1. The third kappa shape index (κ3) is 3.66. The lowest BCUT2D eigenvalue weighted by Gasteiger charge is -2.07. The lowest BCUT2D eigenvalue weighted by molar-refractivity contribution is 0.0696. The van der Waals surface area contributed by atoms with Crippen LogP contribution < -0.4 is 5.32 Å². The summed E-state index contributed by atoms with van der Waals surface area (Å²) >= 11 is 0. The van der Waals surface area contributed by atoms with E-state index in [1.165, 1.54) is 0 Å². The third-order valence-corrected chi connectivity index (χ3v) is 2.95. The van der Waals surface area contributed by atoms with Gasteiger partial charge in [0.15, 0.2) is 0 Å². The molecule has 1 aromatic rings. The summed E-state index contributed by atoms with van der Waals surface area (Å²) < 4.78 is 10.8. The van der Waals surface area contributed by atoms with Gasteiger partial charge in [0.05, 0.1) is 5.56 Å². The van der Waals surface area contributed by atoms with Crippen LogP contribution in [0.3, 0.4) is 0 Å². The molecule has 88 valence electrons. The van der Waals surface area contributed by atoms with Crippen molar-refractivity contribution in [3.05, 3.63) is 29.3 Å². The lowest BCUT2D eigenvalue weighted by Crippen LogP contribution is -2.10. The van der Waals surface area contributed by atoms with Crippen molar-refractivity contribution in [2.75, 3.05) is 23.9 Å². The van der Waals surface area contributed by atoms with Crippen molar-refractivity contribution in [3.63, 3.8) is 0 Å². The first-order valence-electron chi connectivity index (χ1n) is 4.88. The maximum Gasteiger partial charge on any atom is 0.335 e. The normalized spacial score (nSPS) is 12.1. The zero-order valence-electron chi connectivity index (χ0n) is 9.32. The predicted octanol–water partition coefficient (Wildman–Crippen LogP) is 1.48. The van der Waals surface area contributed by atoms with Crippen LogP contribution >= 0.6 is 0 Å². The molecule has 1 aromatic carbocycles. The van der Waals surface area contributed by atoms with Gasteiger partial charge in [-0.15, -0.1) is 0 Å². The number of carboxylic acid groups (broad SMARTS) is 1. The topological polar surface area (TPSA) is 66.4 Å². The largest absolute Gasteiger partial charge is 0.478 e. The first kappa shape index (κ1) is 12.7. The van der Waals surface area contributed by atoms with Crippen LogP contribution in [0.15, 0.2) is 18.2 Å². The minimum Gasteiger partial charge on any atom is -0.478 e. The van der Waals surface area contributed by atoms with Crippen LogP contribution in [0.1, 0.15) is 15.9 Å². The smallest absolute Gasteiger partial charge is 0.335 e. The Labute approximate surface area is 97.1 Å². The fourth-order valence-electron chi connectivity index (χ4n) is 1.35. The summed E-state index contributed by atoms with van der Waals surface area (Å²) in [4.78, 5) is 10.8. The number of nitrogens with one attached hydrogen (secondary N) is 1. The van der Waals surface area contributed by atoms with Gasteiger partial charge in [-0.1, -0.05) is 0 Å². The molecule has 0 heterocycles. The fourth-order valence-corrected chi connectivity index (χ4v) is 1.74. The maximum atomic E-state index is 10.8. The van der Waals surface area contributed by atoms with Gasteiger partial charge >= 0.3 is 5.97 Å². The van der Waals surface area contributed by atoms with Crippen LogP contribution in [0.2, 0.25) is 0 Å². The molecule has 0 aliphatic heterocycles. The Morgan fingerprint density at radius 1 is 1.50 bits per heavy atom. The number of anilines is 1. The SMILES string of the molecule is Cc1cc(NCCS(C)=O)ccc1C(=O)O. The minimum atomic E-state index is -0.918. The summed E-state index contributed by atoms with van der Waals surface area (Å²) in [6.07, 6.45) is 1.65. The Morgan fingerprint density at radius 2 is 2.19 bits per heavy atom. The zero-order valence-corrected chi connectivity index (χ0v) is 10.1. The van der Waals surface area contributed by atoms with E-state index in [-0.39, 0.29) is 0 Å². The van der Waals surface area contributed by atoms with Crippen molar-refractivity contribution in [1.82, 2.24) is 0 Å². The van der Waals surface area contributed by atoms with Gasteiger partial charge in [-0.25, -0.2) is 4.79 Å². The van der Waals surface area contributed by atoms with Crippen molar-refractivity contribution >= 4 is 22.5 Å². The van der Waals surface area contributed by atoms with Crippen LogP contribution in [0.25, 0.3) is 0 Å². The molecular weight excluding hydrogens is 226 g/mol. The molecule has 0 bridgehead atoms. The highest BCUT2D eigenvalue weighted by Gasteiger charge is 2.06. The fraction of sp³-hybridized carbons (Fsp3) is 0.364. The van der Waals surface area contributed by atoms with Gasteiger partial charge in [-0.05, 0) is 30.7 Å². The molecule has 0 saturated carbocycles. The molecule has 4 nitrogen and oxygen atoms in total. The van der Waals surface area contributed by atoms with Crippen LogP contribution in [0.4, 0.5) is 5.69 Å². The Morgan fingerprint density at radius 3 is 2.69 bits per heavy atom. The standard InChI is InChI=1S/C11H15NO3S/c1-8-7-9(12-5-6-16(2)15)3-4-10(8)11(13)14/h3-4,7,12H,5-6H2,1-2H3,(H,13,14). The Bertz CT molecular complexity index is 418. The molecule has 0 aliphatic carbocycles. The van der Waals surface area contributed by atoms with Crippen LogP contribution in [-0.2, 0) is 10.8 Å². The Balaban J connectivity index is 2.66. The summed E-state index contributed by atoms with van der Waals surface area (Å²) in [5.41, 5.74) is 1.88. The molecule has 0 aliphatic rings. The number of aromatic carboxylic acids is 1. The van der Waals surface area contributed by atoms with Gasteiger partial charge in [0, 0.05) is 35.0 Å². The van der Waals surface area contributed by atoms with Gasteiger partial charge in [0.2, 0.25) is 0 Å². The van der Waals surface area contributed by atoms with E-state index in [9.17, 15) is 9.00 Å². The average molecular weight is 241 g/mol. The highest BCUT2D eigenvalue weighted by atomic mass is 32.2. The van der Waals surface area contributed by atoms with E-state index in [1.807, 2.05) is 0 Å². The third-order valence-electron chi connectivity index (χ3n) is 2.18. The van der Waals surface area contributed by atoms with E-state index in [0.29, 0.717) is 17.9 Å². The molecule has 0 aromatic heterocycles. The van der Waals surface area contributed by atoms with Gasteiger partial charge in [0.25, 0.3) is 0 Å². The molecular formula is C11H15NO3S. The second kappa shape index (κ2) is 5.65. The Hall–Kier alpha value is -1.36. The number of hydrogen-bond acceptors (Lipinski definition) is 3. The van der Waals surface area contributed by atoms with Gasteiger partial charge < -0.3 is 10.4 Å². The molecule has 16 heavy (non-hydrogen) atoms. The second-order valence-corrected chi connectivity index (χ2v) is 5.09. The quantitative estimate of drug-likeness (QED) is 0.819. The molecule has 1 atom stereocenters. The van der Waals surface area contributed by atoms with Crippen LogP contribution in [0, 0.1) is 6.92 Å². The summed E-state index contributed by atoms with van der Waals surface area (Å²) in [6.45, 7) is 2.38. The summed E-state index contributed by atoms with van der Waals surface area (Å²) in [7, 11) is -0.813. The molecule has 0 spiro atoms. The molecule has 0 fully saturated rings. The molecule has 0 amide bonds. The van der Waals surface area contributed by atoms with Crippen LogP contribution in [0.5, 0.6) is 0 Å². The van der Waals surface area contributed by atoms with Gasteiger partial charge in [-0.3, -0.25) is 4.21 Å². The van der Waals surface area contributed by atoms with E-state index in [4.69, 9.17) is 5.11 Å². The Kier molecular flexibility index (Phi) is 4.49. The van der Waals surface area contributed by atoms with E-state index in [1.54, 1.807) is 31.4 Å². The van der Waals surface area contributed by atoms with E-state index < -0.39 is 16.8 Å². The van der Waals surface area contributed by atoms with Crippen LogP contribution in [-0.4, -0.2) is 33.8 Å².